The van der Waals surface area contributed by atoms with Crippen LogP contribution in [0.1, 0.15) is 46.6 Å². The highest BCUT2D eigenvalue weighted by Gasteiger charge is 2.17. The van der Waals surface area contributed by atoms with Gasteiger partial charge in [-0.1, -0.05) is 5.92 Å². The van der Waals surface area contributed by atoms with Crippen molar-refractivity contribution < 1.29 is 9.53 Å². The van der Waals surface area contributed by atoms with Crippen LogP contribution >= 0.6 is 0 Å². The maximum absolute atomic E-state index is 12.9. The Kier molecular flexibility index (Phi) is 6.32. The van der Waals surface area contributed by atoms with Gasteiger partial charge in [0.05, 0.1) is 18.2 Å². The Hall–Kier alpha value is -4.72. The number of hydrogen-bond donors (Lipinski definition) is 2. The van der Waals surface area contributed by atoms with E-state index in [0.717, 1.165) is 37.3 Å². The maximum atomic E-state index is 12.9. The minimum absolute atomic E-state index is 0.220. The van der Waals surface area contributed by atoms with Crippen molar-refractivity contribution in [3.8, 4) is 17.7 Å². The molecule has 0 spiro atoms. The second-order valence-electron chi connectivity index (χ2n) is 8.48. The Morgan fingerprint density at radius 3 is 2.69 bits per heavy atom. The summed E-state index contributed by atoms with van der Waals surface area (Å²) < 4.78 is 6.98. The van der Waals surface area contributed by atoms with Gasteiger partial charge in [0.1, 0.15) is 5.82 Å². The second-order valence-corrected chi connectivity index (χ2v) is 8.48. The largest absolute Gasteiger partial charge is 0.479 e. The SMILES string of the molecule is COc1nnc(NC(=O)c2cnc(N3CCCCC3)c(C)c2)cc1C#Cc1nnc2ccc(N)cn12. The van der Waals surface area contributed by atoms with E-state index in [2.05, 4.69) is 47.4 Å². The third kappa shape index (κ3) is 4.74. The number of nitrogens with one attached hydrogen (secondary N) is 1. The van der Waals surface area contributed by atoms with Crippen LogP contribution in [0.2, 0.25) is 0 Å². The van der Waals surface area contributed by atoms with Gasteiger partial charge in [0.2, 0.25) is 11.7 Å². The predicted octanol–water partition coefficient (Wildman–Crippen LogP) is 2.46. The number of nitrogens with zero attached hydrogens (tertiary/aromatic N) is 7. The zero-order valence-corrected chi connectivity index (χ0v) is 20.0. The molecular formula is C25H25N9O2. The van der Waals surface area contributed by atoms with E-state index in [4.69, 9.17) is 10.5 Å². The number of aryl methyl sites for hydroxylation is 1. The smallest absolute Gasteiger partial charge is 0.258 e. The van der Waals surface area contributed by atoms with Gasteiger partial charge in [-0.15, -0.1) is 20.4 Å². The first-order valence-corrected chi connectivity index (χ1v) is 11.6. The molecule has 0 radical (unpaired) electrons. The molecule has 0 aromatic carbocycles. The third-order valence-electron chi connectivity index (χ3n) is 5.90. The van der Waals surface area contributed by atoms with Crippen LogP contribution in [0.25, 0.3) is 5.65 Å². The zero-order valence-electron chi connectivity index (χ0n) is 20.0. The minimum atomic E-state index is -0.340. The van der Waals surface area contributed by atoms with Crippen LogP contribution in [0.3, 0.4) is 0 Å². The summed E-state index contributed by atoms with van der Waals surface area (Å²) in [5.41, 5.74) is 8.87. The number of amides is 1. The number of nitrogens with two attached hydrogens (primary N) is 1. The fourth-order valence-electron chi connectivity index (χ4n) is 4.11. The number of carbonyl (C=O) groups is 1. The average Bonchev–Trinajstić information content (AvgIpc) is 3.30. The molecule has 0 atom stereocenters. The van der Waals surface area contributed by atoms with Crippen LogP contribution in [-0.2, 0) is 0 Å². The maximum Gasteiger partial charge on any atom is 0.258 e. The Balaban J connectivity index is 1.37. The first-order valence-electron chi connectivity index (χ1n) is 11.6. The lowest BCUT2D eigenvalue weighted by Gasteiger charge is -2.29. The number of piperidine rings is 1. The Morgan fingerprint density at radius 2 is 1.92 bits per heavy atom. The number of nitrogen functional groups attached to an aromatic ring is 1. The number of pyridine rings is 2. The molecule has 1 fully saturated rings. The van der Waals surface area contributed by atoms with Crippen LogP contribution < -0.4 is 20.7 Å². The van der Waals surface area contributed by atoms with Crippen molar-refractivity contribution in [1.82, 2.24) is 29.8 Å². The van der Waals surface area contributed by atoms with Crippen molar-refractivity contribution in [1.29, 1.82) is 0 Å². The molecule has 5 rings (SSSR count). The lowest BCUT2D eigenvalue weighted by atomic mass is 10.1. The van der Waals surface area contributed by atoms with Gasteiger partial charge in [0.15, 0.2) is 11.5 Å². The lowest BCUT2D eigenvalue weighted by molar-refractivity contribution is 0.102. The van der Waals surface area contributed by atoms with Gasteiger partial charge < -0.3 is 20.7 Å². The number of methoxy groups -OCH3 is 1. The first-order chi connectivity index (χ1) is 17.5. The predicted molar refractivity (Wildman–Crippen MR) is 135 cm³/mol. The topological polar surface area (TPSA) is 136 Å². The standard InChI is InChI=1S/C25H25N9O2/c1-16-12-18(14-27-23(16)33-10-4-3-5-11-33)24(35)28-20-13-17(25(36-2)32-29-20)6-8-21-30-31-22-9-7-19(26)15-34(21)22/h7,9,12-15H,3-5,10-11,26H2,1-2H3,(H,28,29,35). The van der Waals surface area contributed by atoms with Crippen LogP contribution in [0.15, 0.2) is 36.7 Å². The van der Waals surface area contributed by atoms with Crippen molar-refractivity contribution >= 4 is 28.9 Å². The molecular weight excluding hydrogens is 458 g/mol. The molecule has 0 aliphatic carbocycles. The number of carbonyl (C=O) groups excluding carboxylic acids is 1. The van der Waals surface area contributed by atoms with Gasteiger partial charge in [-0.05, 0) is 55.9 Å². The third-order valence-corrected chi connectivity index (χ3v) is 5.90. The Bertz CT molecular complexity index is 1500. The quantitative estimate of drug-likeness (QED) is 0.419. The summed E-state index contributed by atoms with van der Waals surface area (Å²) >= 11 is 0. The molecule has 0 saturated carbocycles. The monoisotopic (exact) mass is 483 g/mol. The summed E-state index contributed by atoms with van der Waals surface area (Å²) in [6.07, 6.45) is 6.85. The van der Waals surface area contributed by atoms with E-state index in [1.54, 1.807) is 35.0 Å². The van der Waals surface area contributed by atoms with E-state index in [9.17, 15) is 4.79 Å². The molecule has 3 N–H and O–H groups in total. The summed E-state index contributed by atoms with van der Waals surface area (Å²) in [5.74, 6) is 7.37. The summed E-state index contributed by atoms with van der Waals surface area (Å²) in [4.78, 5) is 19.7. The van der Waals surface area contributed by atoms with Crippen LogP contribution in [0.5, 0.6) is 5.88 Å². The number of fused-ring (bicyclic) bond motifs is 1. The van der Waals surface area contributed by atoms with E-state index < -0.39 is 0 Å². The number of aromatic nitrogens is 6. The fourth-order valence-corrected chi connectivity index (χ4v) is 4.11. The number of anilines is 3. The molecule has 182 valence electrons. The Labute approximate surface area is 207 Å². The molecule has 4 aromatic rings. The molecule has 1 aliphatic heterocycles. The van der Waals surface area contributed by atoms with Gasteiger partial charge >= 0.3 is 0 Å². The lowest BCUT2D eigenvalue weighted by Crippen LogP contribution is -2.31. The minimum Gasteiger partial charge on any atom is -0.479 e. The number of rotatable bonds is 4. The van der Waals surface area contributed by atoms with E-state index in [-0.39, 0.29) is 17.6 Å². The average molecular weight is 484 g/mol. The molecule has 4 aromatic heterocycles. The normalized spacial score (nSPS) is 13.2. The van der Waals surface area contributed by atoms with E-state index >= 15 is 0 Å². The van der Waals surface area contributed by atoms with Gasteiger partial charge in [0, 0.05) is 37.2 Å². The molecule has 1 amide bonds. The summed E-state index contributed by atoms with van der Waals surface area (Å²) in [6.45, 7) is 3.95. The van der Waals surface area contributed by atoms with Crippen LogP contribution in [-0.4, -0.2) is 55.9 Å². The fraction of sp³-hybridized carbons (Fsp3) is 0.280. The van der Waals surface area contributed by atoms with E-state index in [0.29, 0.717) is 28.3 Å². The molecule has 0 bridgehead atoms. The highest BCUT2D eigenvalue weighted by atomic mass is 16.5. The first kappa shape index (κ1) is 23.0. The summed E-state index contributed by atoms with van der Waals surface area (Å²) in [6, 6.07) is 6.93. The molecule has 11 nitrogen and oxygen atoms in total. The number of ether oxygens (including phenoxy) is 1. The van der Waals surface area contributed by atoms with Crippen molar-refractivity contribution in [2.24, 2.45) is 0 Å². The van der Waals surface area contributed by atoms with Crippen molar-refractivity contribution in [3.05, 3.63) is 59.2 Å². The van der Waals surface area contributed by atoms with E-state index in [1.165, 1.54) is 13.5 Å². The van der Waals surface area contributed by atoms with Crippen LogP contribution in [0, 0.1) is 18.8 Å². The molecule has 5 heterocycles. The molecule has 1 aliphatic rings. The summed E-state index contributed by atoms with van der Waals surface area (Å²) in [5, 5.41) is 19.0. The van der Waals surface area contributed by atoms with Crippen molar-refractivity contribution in [2.45, 2.75) is 26.2 Å². The zero-order chi connectivity index (χ0) is 25.1. The van der Waals surface area contributed by atoms with Gasteiger partial charge in [-0.3, -0.25) is 9.20 Å². The van der Waals surface area contributed by atoms with Gasteiger partial charge in [0.25, 0.3) is 5.91 Å². The molecule has 36 heavy (non-hydrogen) atoms. The van der Waals surface area contributed by atoms with Crippen molar-refractivity contribution in [3.63, 3.8) is 0 Å². The number of hydrogen-bond acceptors (Lipinski definition) is 9. The van der Waals surface area contributed by atoms with E-state index in [1.807, 2.05) is 13.0 Å². The second kappa shape index (κ2) is 9.87. The summed E-state index contributed by atoms with van der Waals surface area (Å²) in [7, 11) is 1.47. The van der Waals surface area contributed by atoms with Gasteiger partial charge in [-0.25, -0.2) is 4.98 Å². The Morgan fingerprint density at radius 1 is 1.08 bits per heavy atom. The van der Waals surface area contributed by atoms with Crippen molar-refractivity contribution in [2.75, 3.05) is 36.1 Å². The van der Waals surface area contributed by atoms with Crippen LogP contribution in [0.4, 0.5) is 17.3 Å². The molecule has 11 heteroatoms. The highest BCUT2D eigenvalue weighted by Crippen LogP contribution is 2.23. The highest BCUT2D eigenvalue weighted by molar-refractivity contribution is 6.03. The molecule has 1 saturated heterocycles. The van der Waals surface area contributed by atoms with Gasteiger partial charge in [-0.2, -0.15) is 0 Å². The molecule has 0 unspecified atom stereocenters.